The van der Waals surface area contributed by atoms with Gasteiger partial charge in [-0.3, -0.25) is 0 Å². The third-order valence-corrected chi connectivity index (χ3v) is 4.37. The van der Waals surface area contributed by atoms with E-state index in [1.165, 1.54) is 32.1 Å². The van der Waals surface area contributed by atoms with Crippen LogP contribution in [-0.4, -0.2) is 6.61 Å². The van der Waals surface area contributed by atoms with Crippen molar-refractivity contribution in [2.24, 2.45) is 11.3 Å². The van der Waals surface area contributed by atoms with Gasteiger partial charge >= 0.3 is 0 Å². The number of hydrogen-bond acceptors (Lipinski definition) is 2. The summed E-state index contributed by atoms with van der Waals surface area (Å²) in [5.74, 6) is 5.96. The Morgan fingerprint density at radius 2 is 2.12 bits per heavy atom. The standard InChI is InChI=1S/C14H19NO/c15-16-10-14(8-9-14)13-7-3-5-11-4-1-2-6-12(11)13/h1-2,4,6,13H,3,5,7-10,15H2. The minimum Gasteiger partial charge on any atom is -0.304 e. The van der Waals surface area contributed by atoms with Crippen molar-refractivity contribution in [3.05, 3.63) is 35.4 Å². The minimum absolute atomic E-state index is 0.366. The molecule has 0 amide bonds. The highest BCUT2D eigenvalue weighted by Gasteiger charge is 2.50. The quantitative estimate of drug-likeness (QED) is 0.790. The summed E-state index contributed by atoms with van der Waals surface area (Å²) in [6.45, 7) is 0.728. The fourth-order valence-corrected chi connectivity index (χ4v) is 3.31. The smallest absolute Gasteiger partial charge is 0.0741 e. The largest absolute Gasteiger partial charge is 0.304 e. The number of nitrogens with two attached hydrogens (primary N) is 1. The maximum absolute atomic E-state index is 5.28. The van der Waals surface area contributed by atoms with Crippen molar-refractivity contribution < 1.29 is 4.84 Å². The van der Waals surface area contributed by atoms with Crippen molar-refractivity contribution in [3.8, 4) is 0 Å². The van der Waals surface area contributed by atoms with Crippen LogP contribution in [0.4, 0.5) is 0 Å². The summed E-state index contributed by atoms with van der Waals surface area (Å²) in [6, 6.07) is 8.90. The predicted molar refractivity (Wildman–Crippen MR) is 63.9 cm³/mol. The summed E-state index contributed by atoms with van der Waals surface area (Å²) in [5.41, 5.74) is 3.47. The van der Waals surface area contributed by atoms with E-state index in [9.17, 15) is 0 Å². The van der Waals surface area contributed by atoms with Crippen molar-refractivity contribution in [1.29, 1.82) is 0 Å². The molecular formula is C14H19NO. The predicted octanol–water partition coefficient (Wildman–Crippen LogP) is 2.78. The van der Waals surface area contributed by atoms with E-state index in [-0.39, 0.29) is 0 Å². The Morgan fingerprint density at radius 1 is 1.31 bits per heavy atom. The van der Waals surface area contributed by atoms with Crippen molar-refractivity contribution >= 4 is 0 Å². The SMILES string of the molecule is NOCC1(C2CCCc3ccccc32)CC1. The molecule has 1 unspecified atom stereocenters. The second kappa shape index (κ2) is 3.86. The van der Waals surface area contributed by atoms with E-state index in [0.717, 1.165) is 6.61 Å². The molecule has 0 heterocycles. The van der Waals surface area contributed by atoms with Crippen molar-refractivity contribution in [1.82, 2.24) is 0 Å². The molecule has 1 fully saturated rings. The van der Waals surface area contributed by atoms with Gasteiger partial charge in [0.25, 0.3) is 0 Å². The summed E-state index contributed by atoms with van der Waals surface area (Å²) >= 11 is 0. The van der Waals surface area contributed by atoms with Crippen LogP contribution >= 0.6 is 0 Å². The number of benzene rings is 1. The lowest BCUT2D eigenvalue weighted by Gasteiger charge is -2.32. The fourth-order valence-electron chi connectivity index (χ4n) is 3.31. The molecule has 1 aromatic rings. The van der Waals surface area contributed by atoms with Gasteiger partial charge < -0.3 is 4.84 Å². The van der Waals surface area contributed by atoms with Crippen molar-refractivity contribution in [2.45, 2.75) is 38.0 Å². The molecular weight excluding hydrogens is 198 g/mol. The molecule has 2 aliphatic rings. The average molecular weight is 217 g/mol. The van der Waals surface area contributed by atoms with E-state index in [0.29, 0.717) is 11.3 Å². The van der Waals surface area contributed by atoms with Gasteiger partial charge in [-0.2, -0.15) is 0 Å². The molecule has 0 radical (unpaired) electrons. The molecule has 1 saturated carbocycles. The Kier molecular flexibility index (Phi) is 2.49. The summed E-state index contributed by atoms with van der Waals surface area (Å²) in [7, 11) is 0. The fraction of sp³-hybridized carbons (Fsp3) is 0.571. The molecule has 0 bridgehead atoms. The lowest BCUT2D eigenvalue weighted by molar-refractivity contribution is 0.0767. The molecule has 3 rings (SSSR count). The van der Waals surface area contributed by atoms with Crippen LogP contribution in [-0.2, 0) is 11.3 Å². The monoisotopic (exact) mass is 217 g/mol. The minimum atomic E-state index is 0.366. The zero-order valence-corrected chi connectivity index (χ0v) is 9.61. The molecule has 0 spiro atoms. The van der Waals surface area contributed by atoms with Crippen molar-refractivity contribution in [2.75, 3.05) is 6.61 Å². The van der Waals surface area contributed by atoms with E-state index < -0.39 is 0 Å². The van der Waals surface area contributed by atoms with Crippen LogP contribution in [0.25, 0.3) is 0 Å². The van der Waals surface area contributed by atoms with Gasteiger partial charge in [-0.15, -0.1) is 0 Å². The number of fused-ring (bicyclic) bond motifs is 1. The maximum Gasteiger partial charge on any atom is 0.0741 e. The zero-order chi connectivity index (χ0) is 11.0. The van der Waals surface area contributed by atoms with Gasteiger partial charge in [-0.1, -0.05) is 24.3 Å². The van der Waals surface area contributed by atoms with E-state index in [2.05, 4.69) is 24.3 Å². The van der Waals surface area contributed by atoms with Gasteiger partial charge in [0.2, 0.25) is 0 Å². The molecule has 0 aromatic heterocycles. The molecule has 1 aromatic carbocycles. The number of aryl methyl sites for hydroxylation is 1. The van der Waals surface area contributed by atoms with Crippen LogP contribution in [0.1, 0.15) is 42.7 Å². The Balaban J connectivity index is 1.93. The molecule has 1 atom stereocenters. The first-order chi connectivity index (χ1) is 7.86. The van der Waals surface area contributed by atoms with Crippen LogP contribution in [0.5, 0.6) is 0 Å². The lowest BCUT2D eigenvalue weighted by atomic mass is 9.74. The maximum atomic E-state index is 5.28. The molecule has 0 aliphatic heterocycles. The normalized spacial score (nSPS) is 26.2. The first kappa shape index (κ1) is 10.3. The molecule has 2 aliphatic carbocycles. The van der Waals surface area contributed by atoms with Crippen LogP contribution < -0.4 is 5.90 Å². The Hall–Kier alpha value is -0.860. The van der Waals surface area contributed by atoms with E-state index in [1.54, 1.807) is 11.1 Å². The Labute approximate surface area is 96.7 Å². The van der Waals surface area contributed by atoms with E-state index in [4.69, 9.17) is 10.7 Å². The van der Waals surface area contributed by atoms with Crippen LogP contribution in [0, 0.1) is 5.41 Å². The van der Waals surface area contributed by atoms with Gasteiger partial charge in [0.15, 0.2) is 0 Å². The lowest BCUT2D eigenvalue weighted by Crippen LogP contribution is -2.25. The molecule has 16 heavy (non-hydrogen) atoms. The number of rotatable bonds is 3. The second-order valence-corrected chi connectivity index (χ2v) is 5.32. The van der Waals surface area contributed by atoms with E-state index >= 15 is 0 Å². The van der Waals surface area contributed by atoms with Crippen molar-refractivity contribution in [3.63, 3.8) is 0 Å². The Bertz CT molecular complexity index is 384. The van der Waals surface area contributed by atoms with Gasteiger partial charge in [-0.25, -0.2) is 5.90 Å². The third kappa shape index (κ3) is 1.57. The number of hydrogen-bond donors (Lipinski definition) is 1. The zero-order valence-electron chi connectivity index (χ0n) is 9.61. The molecule has 0 saturated heterocycles. The molecule has 2 heteroatoms. The highest BCUT2D eigenvalue weighted by molar-refractivity contribution is 5.35. The molecule has 86 valence electrons. The highest BCUT2D eigenvalue weighted by Crippen LogP contribution is 2.59. The van der Waals surface area contributed by atoms with Crippen LogP contribution in [0.2, 0.25) is 0 Å². The van der Waals surface area contributed by atoms with Crippen LogP contribution in [0.15, 0.2) is 24.3 Å². The van der Waals surface area contributed by atoms with Gasteiger partial charge in [-0.05, 0) is 49.1 Å². The summed E-state index contributed by atoms with van der Waals surface area (Å²) in [6.07, 6.45) is 6.42. The highest BCUT2D eigenvalue weighted by atomic mass is 16.6. The van der Waals surface area contributed by atoms with Gasteiger partial charge in [0.05, 0.1) is 6.61 Å². The first-order valence-electron chi connectivity index (χ1n) is 6.25. The first-order valence-corrected chi connectivity index (χ1v) is 6.25. The van der Waals surface area contributed by atoms with Crippen LogP contribution in [0.3, 0.4) is 0 Å². The molecule has 2 nitrogen and oxygen atoms in total. The summed E-state index contributed by atoms with van der Waals surface area (Å²) in [5, 5.41) is 0. The molecule has 2 N–H and O–H groups in total. The topological polar surface area (TPSA) is 35.2 Å². The summed E-state index contributed by atoms with van der Waals surface area (Å²) < 4.78 is 0. The Morgan fingerprint density at radius 3 is 2.88 bits per heavy atom. The second-order valence-electron chi connectivity index (χ2n) is 5.32. The average Bonchev–Trinajstić information content (AvgIpc) is 3.10. The third-order valence-electron chi connectivity index (χ3n) is 4.37. The van der Waals surface area contributed by atoms with E-state index in [1.807, 2.05) is 0 Å². The van der Waals surface area contributed by atoms with Gasteiger partial charge in [0, 0.05) is 5.41 Å². The summed E-state index contributed by atoms with van der Waals surface area (Å²) in [4.78, 5) is 4.94. The van der Waals surface area contributed by atoms with Gasteiger partial charge in [0.1, 0.15) is 0 Å².